The van der Waals surface area contributed by atoms with Crippen LogP contribution in [0, 0.1) is 16.7 Å². The van der Waals surface area contributed by atoms with Crippen molar-refractivity contribution >= 4 is 0 Å². The Hall–Kier alpha value is -0.590. The molecular weight excluding hydrogens is 234 g/mol. The van der Waals surface area contributed by atoms with Crippen molar-refractivity contribution in [2.75, 3.05) is 33.2 Å². The van der Waals surface area contributed by atoms with Gasteiger partial charge in [-0.25, -0.2) is 0 Å². The monoisotopic (exact) mass is 261 g/mol. The number of likely N-dealkylation sites (N-methyl/N-ethyl adjacent to an activating group) is 1. The van der Waals surface area contributed by atoms with Crippen LogP contribution in [-0.2, 0) is 0 Å². The fourth-order valence-electron chi connectivity index (χ4n) is 4.55. The van der Waals surface area contributed by atoms with E-state index in [9.17, 15) is 5.26 Å². The van der Waals surface area contributed by atoms with Crippen molar-refractivity contribution in [3.63, 3.8) is 0 Å². The SMILES string of the molecule is CN1CCN(C2(C#N)CCC3(CCCC3)CC2)CC1. The molecule has 0 aromatic heterocycles. The quantitative estimate of drug-likeness (QED) is 0.727. The molecule has 3 fully saturated rings. The highest BCUT2D eigenvalue weighted by molar-refractivity contribution is 5.13. The lowest BCUT2D eigenvalue weighted by molar-refractivity contribution is 0.0175. The molecule has 0 atom stereocenters. The van der Waals surface area contributed by atoms with E-state index in [0.29, 0.717) is 5.41 Å². The lowest BCUT2D eigenvalue weighted by Crippen LogP contribution is -2.57. The molecule has 0 amide bonds. The Bertz CT molecular complexity index is 347. The maximum absolute atomic E-state index is 9.79. The van der Waals surface area contributed by atoms with Gasteiger partial charge in [-0.2, -0.15) is 5.26 Å². The molecule has 3 nitrogen and oxygen atoms in total. The van der Waals surface area contributed by atoms with E-state index >= 15 is 0 Å². The second-order valence-corrected chi connectivity index (χ2v) is 7.14. The largest absolute Gasteiger partial charge is 0.304 e. The van der Waals surface area contributed by atoms with Crippen molar-refractivity contribution in [2.45, 2.75) is 56.9 Å². The molecule has 0 aromatic carbocycles. The Morgan fingerprint density at radius 3 is 1.95 bits per heavy atom. The molecule has 0 N–H and O–H groups in total. The highest BCUT2D eigenvalue weighted by Gasteiger charge is 2.47. The van der Waals surface area contributed by atoms with Crippen molar-refractivity contribution in [2.24, 2.45) is 5.41 Å². The first-order valence-electron chi connectivity index (χ1n) is 8.03. The summed E-state index contributed by atoms with van der Waals surface area (Å²) in [6.07, 6.45) is 10.5. The van der Waals surface area contributed by atoms with Crippen LogP contribution >= 0.6 is 0 Å². The maximum atomic E-state index is 9.79. The van der Waals surface area contributed by atoms with Gasteiger partial charge < -0.3 is 4.90 Å². The Morgan fingerprint density at radius 1 is 0.842 bits per heavy atom. The maximum Gasteiger partial charge on any atom is 0.109 e. The summed E-state index contributed by atoms with van der Waals surface area (Å²) in [7, 11) is 2.19. The van der Waals surface area contributed by atoms with Crippen molar-refractivity contribution < 1.29 is 0 Å². The Labute approximate surface area is 117 Å². The van der Waals surface area contributed by atoms with Crippen LogP contribution in [0.4, 0.5) is 0 Å². The lowest BCUT2D eigenvalue weighted by Gasteiger charge is -2.49. The van der Waals surface area contributed by atoms with Crippen LogP contribution in [-0.4, -0.2) is 48.6 Å². The molecular formula is C16H27N3. The molecule has 0 bridgehead atoms. The molecule has 2 aliphatic carbocycles. The fourth-order valence-corrected chi connectivity index (χ4v) is 4.55. The molecule has 1 spiro atoms. The molecule has 1 heterocycles. The average Bonchev–Trinajstić information content (AvgIpc) is 2.90. The first-order valence-corrected chi connectivity index (χ1v) is 8.03. The Morgan fingerprint density at radius 2 is 1.42 bits per heavy atom. The average molecular weight is 261 g/mol. The third-order valence-electron chi connectivity index (χ3n) is 6.12. The third-order valence-corrected chi connectivity index (χ3v) is 6.12. The van der Waals surface area contributed by atoms with E-state index in [0.717, 1.165) is 39.0 Å². The summed E-state index contributed by atoms with van der Waals surface area (Å²) >= 11 is 0. The van der Waals surface area contributed by atoms with Gasteiger partial charge in [-0.05, 0) is 51.0 Å². The highest BCUT2D eigenvalue weighted by Crippen LogP contribution is 2.52. The van der Waals surface area contributed by atoms with E-state index in [1.165, 1.54) is 38.5 Å². The van der Waals surface area contributed by atoms with E-state index in [1.807, 2.05) is 0 Å². The van der Waals surface area contributed by atoms with E-state index in [1.54, 1.807) is 0 Å². The van der Waals surface area contributed by atoms with Crippen LogP contribution in [0.2, 0.25) is 0 Å². The van der Waals surface area contributed by atoms with Gasteiger partial charge in [0.15, 0.2) is 0 Å². The molecule has 1 saturated heterocycles. The van der Waals surface area contributed by atoms with Gasteiger partial charge in [-0.3, -0.25) is 4.90 Å². The fraction of sp³-hybridized carbons (Fsp3) is 0.938. The first-order chi connectivity index (χ1) is 9.18. The molecule has 3 rings (SSSR count). The van der Waals surface area contributed by atoms with Gasteiger partial charge in [0.25, 0.3) is 0 Å². The van der Waals surface area contributed by atoms with Crippen LogP contribution in [0.5, 0.6) is 0 Å². The van der Waals surface area contributed by atoms with Gasteiger partial charge in [0.05, 0.1) is 6.07 Å². The van der Waals surface area contributed by atoms with Crippen molar-refractivity contribution in [1.29, 1.82) is 5.26 Å². The summed E-state index contributed by atoms with van der Waals surface area (Å²) in [6, 6.07) is 2.72. The van der Waals surface area contributed by atoms with Crippen molar-refractivity contribution in [3.05, 3.63) is 0 Å². The molecule has 106 valence electrons. The van der Waals surface area contributed by atoms with Crippen LogP contribution in [0.15, 0.2) is 0 Å². The van der Waals surface area contributed by atoms with E-state index in [-0.39, 0.29) is 5.54 Å². The summed E-state index contributed by atoms with van der Waals surface area (Å²) in [5.74, 6) is 0. The predicted molar refractivity (Wildman–Crippen MR) is 76.8 cm³/mol. The normalized spacial score (nSPS) is 31.4. The molecule has 3 heteroatoms. The zero-order chi connectivity index (χ0) is 13.3. The van der Waals surface area contributed by atoms with Crippen LogP contribution < -0.4 is 0 Å². The number of rotatable bonds is 1. The summed E-state index contributed by atoms with van der Waals surface area (Å²) in [6.45, 7) is 4.40. The third kappa shape index (κ3) is 2.41. The molecule has 1 aliphatic heterocycles. The van der Waals surface area contributed by atoms with E-state index < -0.39 is 0 Å². The molecule has 19 heavy (non-hydrogen) atoms. The Balaban J connectivity index is 1.67. The second-order valence-electron chi connectivity index (χ2n) is 7.14. The summed E-state index contributed by atoms with van der Waals surface area (Å²) in [4.78, 5) is 4.87. The first kappa shape index (κ1) is 13.4. The Kier molecular flexibility index (Phi) is 3.57. The van der Waals surface area contributed by atoms with Crippen LogP contribution in [0.25, 0.3) is 0 Å². The topological polar surface area (TPSA) is 30.3 Å². The number of piperazine rings is 1. The summed E-state index contributed by atoms with van der Waals surface area (Å²) in [5, 5.41) is 9.79. The van der Waals surface area contributed by atoms with Crippen molar-refractivity contribution in [1.82, 2.24) is 9.80 Å². The molecule has 0 unspecified atom stereocenters. The zero-order valence-corrected chi connectivity index (χ0v) is 12.3. The number of hydrogen-bond donors (Lipinski definition) is 0. The van der Waals surface area contributed by atoms with Gasteiger partial charge in [0.2, 0.25) is 0 Å². The second kappa shape index (κ2) is 5.07. The van der Waals surface area contributed by atoms with Crippen LogP contribution in [0.3, 0.4) is 0 Å². The minimum atomic E-state index is -0.130. The lowest BCUT2D eigenvalue weighted by atomic mass is 9.66. The van der Waals surface area contributed by atoms with E-state index in [4.69, 9.17) is 0 Å². The highest BCUT2D eigenvalue weighted by atomic mass is 15.3. The number of hydrogen-bond acceptors (Lipinski definition) is 3. The van der Waals surface area contributed by atoms with Gasteiger partial charge in [-0.1, -0.05) is 12.8 Å². The number of nitrogens with zero attached hydrogens (tertiary/aromatic N) is 3. The minimum Gasteiger partial charge on any atom is -0.304 e. The number of nitriles is 1. The smallest absolute Gasteiger partial charge is 0.109 e. The molecule has 0 radical (unpaired) electrons. The van der Waals surface area contributed by atoms with Gasteiger partial charge in [0, 0.05) is 26.2 Å². The molecule has 2 saturated carbocycles. The van der Waals surface area contributed by atoms with Crippen molar-refractivity contribution in [3.8, 4) is 6.07 Å². The molecule has 3 aliphatic rings. The molecule has 0 aromatic rings. The standard InChI is InChI=1S/C16H27N3/c1-18-10-12-19(13-11-18)16(14-17)8-6-15(7-9-16)4-2-3-5-15/h2-13H2,1H3. The summed E-state index contributed by atoms with van der Waals surface area (Å²) in [5.41, 5.74) is 0.502. The summed E-state index contributed by atoms with van der Waals surface area (Å²) < 4.78 is 0. The van der Waals surface area contributed by atoms with Gasteiger partial charge in [-0.15, -0.1) is 0 Å². The van der Waals surface area contributed by atoms with Gasteiger partial charge in [0.1, 0.15) is 5.54 Å². The minimum absolute atomic E-state index is 0.130. The van der Waals surface area contributed by atoms with Gasteiger partial charge >= 0.3 is 0 Å². The zero-order valence-electron chi connectivity index (χ0n) is 12.3. The predicted octanol–water partition coefficient (Wildman–Crippen LogP) is 2.63. The van der Waals surface area contributed by atoms with Crippen LogP contribution in [0.1, 0.15) is 51.4 Å². The van der Waals surface area contributed by atoms with E-state index in [2.05, 4.69) is 22.9 Å².